The number of hydrogen-bond acceptors (Lipinski definition) is 3. The van der Waals surface area contributed by atoms with Crippen LogP contribution in [-0.2, 0) is 5.54 Å². The molecule has 1 aromatic carbocycles. The van der Waals surface area contributed by atoms with Gasteiger partial charge in [-0.1, -0.05) is 44.7 Å². The van der Waals surface area contributed by atoms with E-state index < -0.39 is 0 Å². The average Bonchev–Trinajstić information content (AvgIpc) is 2.46. The van der Waals surface area contributed by atoms with E-state index in [9.17, 15) is 0 Å². The standard InChI is InChI=1S/C17H26ClNO2/c1-11(2)14-12(17(19)8-6-5-7-9-17)10-13(18)15(20-3)16(14)21-4/h10-11H,5-9,19H2,1-4H3. The van der Waals surface area contributed by atoms with Crippen LogP contribution in [0.4, 0.5) is 0 Å². The predicted molar refractivity (Wildman–Crippen MR) is 87.6 cm³/mol. The molecule has 0 radical (unpaired) electrons. The van der Waals surface area contributed by atoms with Crippen molar-refractivity contribution in [1.29, 1.82) is 0 Å². The Labute approximate surface area is 132 Å². The number of methoxy groups -OCH3 is 2. The summed E-state index contributed by atoms with van der Waals surface area (Å²) in [5.74, 6) is 1.62. The molecule has 0 heterocycles. The van der Waals surface area contributed by atoms with Crippen LogP contribution in [0.5, 0.6) is 11.5 Å². The maximum absolute atomic E-state index is 6.75. The number of hydrogen-bond donors (Lipinski definition) is 1. The molecule has 0 spiro atoms. The summed E-state index contributed by atoms with van der Waals surface area (Å²) in [7, 11) is 3.28. The third-order valence-corrected chi connectivity index (χ3v) is 4.78. The SMILES string of the molecule is COc1c(Cl)cc(C2(N)CCCCC2)c(C(C)C)c1OC. The van der Waals surface area contributed by atoms with Gasteiger partial charge in [-0.05, 0) is 30.4 Å². The largest absolute Gasteiger partial charge is 0.492 e. The second-order valence-corrected chi connectivity index (χ2v) is 6.66. The average molecular weight is 312 g/mol. The zero-order chi connectivity index (χ0) is 15.6. The van der Waals surface area contributed by atoms with E-state index in [0.29, 0.717) is 16.7 Å². The van der Waals surface area contributed by atoms with Gasteiger partial charge < -0.3 is 15.2 Å². The summed E-state index contributed by atoms with van der Waals surface area (Å²) in [4.78, 5) is 0. The van der Waals surface area contributed by atoms with E-state index in [1.54, 1.807) is 14.2 Å². The molecular formula is C17H26ClNO2. The van der Waals surface area contributed by atoms with E-state index >= 15 is 0 Å². The number of nitrogens with two attached hydrogens (primary N) is 1. The van der Waals surface area contributed by atoms with E-state index in [-0.39, 0.29) is 5.54 Å². The Bertz CT molecular complexity index is 508. The summed E-state index contributed by atoms with van der Waals surface area (Å²) in [6.07, 6.45) is 5.59. The second-order valence-electron chi connectivity index (χ2n) is 6.26. The number of ether oxygens (including phenoxy) is 2. The molecule has 1 aliphatic carbocycles. The van der Waals surface area contributed by atoms with Crippen molar-refractivity contribution in [1.82, 2.24) is 0 Å². The Balaban J connectivity index is 2.67. The summed E-state index contributed by atoms with van der Waals surface area (Å²) in [5, 5.41) is 0.573. The maximum Gasteiger partial charge on any atom is 0.179 e. The molecule has 1 aliphatic rings. The first-order chi connectivity index (χ1) is 9.94. The van der Waals surface area contributed by atoms with Crippen LogP contribution in [0.25, 0.3) is 0 Å². The van der Waals surface area contributed by atoms with E-state index in [1.807, 2.05) is 6.07 Å². The van der Waals surface area contributed by atoms with Crippen LogP contribution >= 0.6 is 11.6 Å². The van der Waals surface area contributed by atoms with Gasteiger partial charge in [0, 0.05) is 11.1 Å². The molecule has 1 fully saturated rings. The molecule has 0 amide bonds. The van der Waals surface area contributed by atoms with Crippen LogP contribution in [-0.4, -0.2) is 14.2 Å². The quantitative estimate of drug-likeness (QED) is 0.884. The molecule has 21 heavy (non-hydrogen) atoms. The molecule has 0 atom stereocenters. The van der Waals surface area contributed by atoms with Gasteiger partial charge in [0.2, 0.25) is 0 Å². The molecule has 0 saturated heterocycles. The molecule has 118 valence electrons. The highest BCUT2D eigenvalue weighted by molar-refractivity contribution is 6.32. The van der Waals surface area contributed by atoms with Crippen molar-refractivity contribution >= 4 is 11.6 Å². The van der Waals surface area contributed by atoms with Crippen molar-refractivity contribution < 1.29 is 9.47 Å². The Morgan fingerprint density at radius 1 is 1.10 bits per heavy atom. The number of rotatable bonds is 4. The Hall–Kier alpha value is -0.930. The Morgan fingerprint density at radius 3 is 2.14 bits per heavy atom. The van der Waals surface area contributed by atoms with Crippen molar-refractivity contribution in [2.75, 3.05) is 14.2 Å². The predicted octanol–water partition coefficient (Wildman–Crippen LogP) is 4.60. The zero-order valence-electron chi connectivity index (χ0n) is 13.5. The lowest BCUT2D eigenvalue weighted by atomic mass is 9.74. The summed E-state index contributed by atoms with van der Waals surface area (Å²) >= 11 is 6.41. The first-order valence-electron chi connectivity index (χ1n) is 7.68. The molecule has 0 bridgehead atoms. The molecule has 0 aromatic heterocycles. The Kier molecular flexibility index (Phi) is 5.05. The molecule has 1 aromatic rings. The number of halogens is 1. The molecule has 0 aliphatic heterocycles. The minimum Gasteiger partial charge on any atom is -0.492 e. The highest BCUT2D eigenvalue weighted by atomic mass is 35.5. The van der Waals surface area contributed by atoms with Crippen LogP contribution in [0.3, 0.4) is 0 Å². The van der Waals surface area contributed by atoms with Gasteiger partial charge in [-0.2, -0.15) is 0 Å². The van der Waals surface area contributed by atoms with Gasteiger partial charge in [-0.3, -0.25) is 0 Å². The van der Waals surface area contributed by atoms with Crippen molar-refractivity contribution in [3.05, 3.63) is 22.2 Å². The molecule has 2 N–H and O–H groups in total. The highest BCUT2D eigenvalue weighted by Gasteiger charge is 2.35. The highest BCUT2D eigenvalue weighted by Crippen LogP contribution is 2.48. The minimum atomic E-state index is -0.305. The normalized spacial score (nSPS) is 17.9. The van der Waals surface area contributed by atoms with Crippen molar-refractivity contribution in [2.45, 2.75) is 57.4 Å². The van der Waals surface area contributed by atoms with Crippen LogP contribution in [0, 0.1) is 0 Å². The van der Waals surface area contributed by atoms with Crippen LogP contribution in [0.15, 0.2) is 6.07 Å². The lowest BCUT2D eigenvalue weighted by Crippen LogP contribution is -2.39. The minimum absolute atomic E-state index is 0.295. The van der Waals surface area contributed by atoms with E-state index in [2.05, 4.69) is 13.8 Å². The smallest absolute Gasteiger partial charge is 0.179 e. The fourth-order valence-electron chi connectivity index (χ4n) is 3.45. The first-order valence-corrected chi connectivity index (χ1v) is 8.06. The van der Waals surface area contributed by atoms with Crippen molar-refractivity contribution in [2.24, 2.45) is 5.73 Å². The maximum atomic E-state index is 6.75. The third kappa shape index (κ3) is 3.00. The van der Waals surface area contributed by atoms with Crippen LogP contribution in [0.2, 0.25) is 5.02 Å². The van der Waals surface area contributed by atoms with Gasteiger partial charge in [-0.15, -0.1) is 0 Å². The van der Waals surface area contributed by atoms with E-state index in [0.717, 1.165) is 29.7 Å². The molecule has 0 unspecified atom stereocenters. The van der Waals surface area contributed by atoms with Gasteiger partial charge in [0.1, 0.15) is 0 Å². The van der Waals surface area contributed by atoms with Gasteiger partial charge >= 0.3 is 0 Å². The lowest BCUT2D eigenvalue weighted by molar-refractivity contribution is 0.295. The zero-order valence-corrected chi connectivity index (χ0v) is 14.2. The van der Waals surface area contributed by atoms with E-state index in [4.69, 9.17) is 26.8 Å². The molecule has 2 rings (SSSR count). The lowest BCUT2D eigenvalue weighted by Gasteiger charge is -2.37. The summed E-state index contributed by atoms with van der Waals surface area (Å²) < 4.78 is 11.1. The monoisotopic (exact) mass is 311 g/mol. The van der Waals surface area contributed by atoms with Gasteiger partial charge in [-0.25, -0.2) is 0 Å². The van der Waals surface area contributed by atoms with Gasteiger partial charge in [0.15, 0.2) is 11.5 Å². The molecule has 1 saturated carbocycles. The molecule has 4 heteroatoms. The number of benzene rings is 1. The molecular weight excluding hydrogens is 286 g/mol. The fourth-order valence-corrected chi connectivity index (χ4v) is 3.73. The van der Waals surface area contributed by atoms with Crippen LogP contribution < -0.4 is 15.2 Å². The third-order valence-electron chi connectivity index (χ3n) is 4.50. The topological polar surface area (TPSA) is 44.5 Å². The molecule has 3 nitrogen and oxygen atoms in total. The van der Waals surface area contributed by atoms with Crippen LogP contribution in [0.1, 0.15) is 63.0 Å². The summed E-state index contributed by atoms with van der Waals surface area (Å²) in [5.41, 5.74) is 8.70. The first kappa shape index (κ1) is 16.4. The Morgan fingerprint density at radius 2 is 1.67 bits per heavy atom. The van der Waals surface area contributed by atoms with Gasteiger partial charge in [0.05, 0.1) is 19.2 Å². The van der Waals surface area contributed by atoms with E-state index in [1.165, 1.54) is 19.3 Å². The van der Waals surface area contributed by atoms with Crippen molar-refractivity contribution in [3.8, 4) is 11.5 Å². The second kappa shape index (κ2) is 6.45. The summed E-state index contributed by atoms with van der Waals surface area (Å²) in [6.45, 7) is 4.31. The van der Waals surface area contributed by atoms with Crippen molar-refractivity contribution in [3.63, 3.8) is 0 Å². The fraction of sp³-hybridized carbons (Fsp3) is 0.647. The van der Waals surface area contributed by atoms with Gasteiger partial charge in [0.25, 0.3) is 0 Å². The summed E-state index contributed by atoms with van der Waals surface area (Å²) in [6, 6.07) is 1.99.